The molecule has 0 spiro atoms. The Balaban J connectivity index is 2.18. The predicted octanol–water partition coefficient (Wildman–Crippen LogP) is 4.01. The largest absolute Gasteiger partial charge is 0.456 e. The van der Waals surface area contributed by atoms with Crippen LogP contribution in [0.1, 0.15) is 40.8 Å². The summed E-state index contributed by atoms with van der Waals surface area (Å²) in [5.41, 5.74) is 1.44. The molecule has 1 aromatic heterocycles. The van der Waals surface area contributed by atoms with Crippen LogP contribution in [0.5, 0.6) is 0 Å². The Labute approximate surface area is 184 Å². The SMILES string of the molecule is CSc1cc2c(cc1Cl)nc(NC(C)C)n2[C@@H]1O[C@H](C)[C@@H](OC(C)=O)[C@H]1OC(C)=O. The van der Waals surface area contributed by atoms with Gasteiger partial charge in [0.15, 0.2) is 18.4 Å². The predicted molar refractivity (Wildman–Crippen MR) is 116 cm³/mol. The zero-order chi connectivity index (χ0) is 22.2. The number of carbonyl (C=O) groups excluding carboxylic acids is 2. The summed E-state index contributed by atoms with van der Waals surface area (Å²) in [5, 5.41) is 3.92. The van der Waals surface area contributed by atoms with E-state index in [1.807, 2.05) is 30.7 Å². The number of hydrogen-bond donors (Lipinski definition) is 1. The molecule has 1 aliphatic rings. The monoisotopic (exact) mass is 455 g/mol. The maximum atomic E-state index is 11.8. The van der Waals surface area contributed by atoms with E-state index in [4.69, 9.17) is 25.8 Å². The lowest BCUT2D eigenvalue weighted by atomic mass is 10.1. The number of imidazole rings is 1. The average molecular weight is 456 g/mol. The molecule has 0 radical (unpaired) electrons. The summed E-state index contributed by atoms with van der Waals surface area (Å²) in [6.45, 7) is 8.40. The van der Waals surface area contributed by atoms with E-state index in [0.717, 1.165) is 10.4 Å². The third kappa shape index (κ3) is 4.53. The van der Waals surface area contributed by atoms with Gasteiger partial charge in [0, 0.05) is 24.8 Å². The second-order valence-electron chi connectivity index (χ2n) is 7.46. The van der Waals surface area contributed by atoms with Gasteiger partial charge in [0.05, 0.1) is 22.2 Å². The number of nitrogens with zero attached hydrogens (tertiary/aromatic N) is 2. The lowest BCUT2D eigenvalue weighted by Crippen LogP contribution is -2.38. The average Bonchev–Trinajstić information content (AvgIpc) is 3.10. The summed E-state index contributed by atoms with van der Waals surface area (Å²) in [5.74, 6) is -0.414. The standard InChI is InChI=1S/C20H26ClN3O5S/c1-9(2)22-20-23-14-7-13(21)16(30-6)8-15(14)24(20)19-18(29-12(5)26)17(10(3)27-19)28-11(4)25/h7-10,17-19H,1-6H3,(H,22,23)/t10-,17-,18-,19-/m1/s1. The number of benzene rings is 1. The van der Waals surface area contributed by atoms with E-state index in [1.165, 1.54) is 25.6 Å². The molecule has 2 heterocycles. The van der Waals surface area contributed by atoms with Crippen LogP contribution in [0.15, 0.2) is 17.0 Å². The summed E-state index contributed by atoms with van der Waals surface area (Å²) in [6.07, 6.45) is -0.864. The smallest absolute Gasteiger partial charge is 0.303 e. The van der Waals surface area contributed by atoms with Gasteiger partial charge in [-0.3, -0.25) is 14.2 Å². The van der Waals surface area contributed by atoms with Gasteiger partial charge >= 0.3 is 11.9 Å². The van der Waals surface area contributed by atoms with Crippen LogP contribution in [0.4, 0.5) is 5.95 Å². The number of ether oxygens (including phenoxy) is 3. The Hall–Kier alpha value is -1.97. The summed E-state index contributed by atoms with van der Waals surface area (Å²) in [4.78, 5) is 29.1. The maximum Gasteiger partial charge on any atom is 0.303 e. The van der Waals surface area contributed by atoms with E-state index in [2.05, 4.69) is 10.3 Å². The summed E-state index contributed by atoms with van der Waals surface area (Å²) < 4.78 is 19.0. The minimum Gasteiger partial charge on any atom is -0.456 e. The van der Waals surface area contributed by atoms with Crippen LogP contribution in [-0.2, 0) is 23.8 Å². The number of rotatable bonds is 6. The van der Waals surface area contributed by atoms with Crippen molar-refractivity contribution in [2.45, 2.75) is 70.1 Å². The van der Waals surface area contributed by atoms with Crippen molar-refractivity contribution in [1.82, 2.24) is 9.55 Å². The summed E-state index contributed by atoms with van der Waals surface area (Å²) in [6, 6.07) is 3.82. The van der Waals surface area contributed by atoms with Gasteiger partial charge in [0.2, 0.25) is 5.95 Å². The highest BCUT2D eigenvalue weighted by Gasteiger charge is 2.49. The number of nitrogens with one attached hydrogen (secondary N) is 1. The quantitative estimate of drug-likeness (QED) is 0.516. The maximum absolute atomic E-state index is 11.8. The van der Waals surface area contributed by atoms with Crippen LogP contribution in [0.2, 0.25) is 5.02 Å². The van der Waals surface area contributed by atoms with Gasteiger partial charge in [-0.15, -0.1) is 11.8 Å². The number of anilines is 1. The minimum atomic E-state index is -0.833. The molecule has 4 atom stereocenters. The van der Waals surface area contributed by atoms with E-state index in [1.54, 1.807) is 13.0 Å². The fourth-order valence-corrected chi connectivity index (χ4v) is 4.43. The van der Waals surface area contributed by atoms with Gasteiger partial charge < -0.3 is 19.5 Å². The third-order valence-electron chi connectivity index (χ3n) is 4.66. The molecule has 0 bridgehead atoms. The zero-order valence-corrected chi connectivity index (χ0v) is 19.3. The third-order valence-corrected chi connectivity index (χ3v) is 5.86. The highest BCUT2D eigenvalue weighted by atomic mass is 35.5. The van der Waals surface area contributed by atoms with Crippen LogP contribution in [0.3, 0.4) is 0 Å². The lowest BCUT2D eigenvalue weighted by molar-refractivity contribution is -0.165. The van der Waals surface area contributed by atoms with E-state index < -0.39 is 36.5 Å². The first-order chi connectivity index (χ1) is 14.1. The molecule has 2 aromatic rings. The summed E-state index contributed by atoms with van der Waals surface area (Å²) in [7, 11) is 0. The first kappa shape index (κ1) is 22.7. The Morgan fingerprint density at radius 2 is 1.87 bits per heavy atom. The minimum absolute atomic E-state index is 0.0892. The molecule has 8 nitrogen and oxygen atoms in total. The molecule has 1 fully saturated rings. The fourth-order valence-electron chi connectivity index (χ4n) is 3.55. The molecule has 0 amide bonds. The van der Waals surface area contributed by atoms with Crippen molar-refractivity contribution in [3.8, 4) is 0 Å². The zero-order valence-electron chi connectivity index (χ0n) is 17.8. The first-order valence-corrected chi connectivity index (χ1v) is 11.2. The normalized spacial score (nSPS) is 23.7. The van der Waals surface area contributed by atoms with Gasteiger partial charge in [-0.25, -0.2) is 4.98 Å². The van der Waals surface area contributed by atoms with E-state index in [-0.39, 0.29) is 6.04 Å². The molecule has 164 valence electrons. The van der Waals surface area contributed by atoms with Crippen molar-refractivity contribution >= 4 is 52.3 Å². The Morgan fingerprint density at radius 1 is 1.23 bits per heavy atom. The molecule has 0 unspecified atom stereocenters. The molecule has 3 rings (SSSR count). The van der Waals surface area contributed by atoms with Crippen LogP contribution < -0.4 is 5.32 Å². The van der Waals surface area contributed by atoms with Gasteiger partial charge in [0.25, 0.3) is 0 Å². The van der Waals surface area contributed by atoms with Crippen LogP contribution >= 0.6 is 23.4 Å². The molecule has 30 heavy (non-hydrogen) atoms. The van der Waals surface area contributed by atoms with Crippen molar-refractivity contribution in [1.29, 1.82) is 0 Å². The summed E-state index contributed by atoms with van der Waals surface area (Å²) >= 11 is 7.90. The highest BCUT2D eigenvalue weighted by molar-refractivity contribution is 7.98. The van der Waals surface area contributed by atoms with Crippen molar-refractivity contribution in [2.75, 3.05) is 11.6 Å². The van der Waals surface area contributed by atoms with Crippen molar-refractivity contribution in [3.05, 3.63) is 17.2 Å². The number of aromatic nitrogens is 2. The van der Waals surface area contributed by atoms with Gasteiger partial charge in [0.1, 0.15) is 0 Å². The molecule has 1 saturated heterocycles. The molecular weight excluding hydrogens is 430 g/mol. The molecular formula is C20H26ClN3O5S. The van der Waals surface area contributed by atoms with Gasteiger partial charge in [-0.2, -0.15) is 0 Å². The number of halogens is 1. The molecule has 1 aliphatic heterocycles. The highest BCUT2D eigenvalue weighted by Crippen LogP contribution is 2.40. The van der Waals surface area contributed by atoms with Gasteiger partial charge in [-0.1, -0.05) is 11.6 Å². The first-order valence-electron chi connectivity index (χ1n) is 9.64. The number of carbonyl (C=O) groups is 2. The van der Waals surface area contributed by atoms with Crippen molar-refractivity contribution in [2.24, 2.45) is 0 Å². The van der Waals surface area contributed by atoms with E-state index >= 15 is 0 Å². The van der Waals surface area contributed by atoms with E-state index in [0.29, 0.717) is 16.5 Å². The Kier molecular flexibility index (Phi) is 6.84. The number of thioether (sulfide) groups is 1. The number of hydrogen-bond acceptors (Lipinski definition) is 8. The molecule has 0 aliphatic carbocycles. The molecule has 1 N–H and O–H groups in total. The molecule has 0 saturated carbocycles. The topological polar surface area (TPSA) is 91.7 Å². The Morgan fingerprint density at radius 3 is 2.43 bits per heavy atom. The van der Waals surface area contributed by atoms with Crippen LogP contribution in [-0.4, -0.2) is 52.1 Å². The van der Waals surface area contributed by atoms with Gasteiger partial charge in [-0.05, 0) is 39.2 Å². The van der Waals surface area contributed by atoms with Crippen LogP contribution in [0.25, 0.3) is 11.0 Å². The molecule has 10 heteroatoms. The van der Waals surface area contributed by atoms with Crippen molar-refractivity contribution in [3.63, 3.8) is 0 Å². The lowest BCUT2D eigenvalue weighted by Gasteiger charge is -2.25. The number of fused-ring (bicyclic) bond motifs is 1. The fraction of sp³-hybridized carbons (Fsp3) is 0.550. The van der Waals surface area contributed by atoms with E-state index in [9.17, 15) is 9.59 Å². The second-order valence-corrected chi connectivity index (χ2v) is 8.72. The Bertz CT molecular complexity index is 964. The second kappa shape index (κ2) is 9.03. The van der Waals surface area contributed by atoms with Crippen molar-refractivity contribution < 1.29 is 23.8 Å². The van der Waals surface area contributed by atoms with Crippen LogP contribution in [0, 0.1) is 0 Å². The molecule has 1 aromatic carbocycles. The number of esters is 2.